The molecule has 0 bridgehead atoms. The third-order valence-electron chi connectivity index (χ3n) is 3.27. The van der Waals surface area contributed by atoms with E-state index in [4.69, 9.17) is 4.74 Å². The Kier molecular flexibility index (Phi) is 5.20. The van der Waals surface area contributed by atoms with Gasteiger partial charge in [-0.1, -0.05) is 12.1 Å². The second-order valence-corrected chi connectivity index (χ2v) is 6.64. The molecular formula is C16H16N2O5S. The van der Waals surface area contributed by atoms with Crippen molar-refractivity contribution in [3.63, 3.8) is 0 Å². The highest BCUT2D eigenvalue weighted by Gasteiger charge is 2.25. The van der Waals surface area contributed by atoms with Gasteiger partial charge in [0.05, 0.1) is 29.2 Å². The van der Waals surface area contributed by atoms with Crippen molar-refractivity contribution in [1.29, 1.82) is 0 Å². The monoisotopic (exact) mass is 348 g/mol. The van der Waals surface area contributed by atoms with Gasteiger partial charge in [0.2, 0.25) is 0 Å². The van der Waals surface area contributed by atoms with Crippen molar-refractivity contribution in [3.8, 4) is 5.75 Å². The van der Waals surface area contributed by atoms with E-state index >= 15 is 0 Å². The molecule has 2 aromatic rings. The number of anilines is 1. The van der Waals surface area contributed by atoms with E-state index < -0.39 is 14.9 Å². The number of hydrogen-bond acceptors (Lipinski definition) is 5. The molecule has 0 amide bonds. The zero-order valence-corrected chi connectivity index (χ0v) is 13.8. The number of methoxy groups -OCH3 is 1. The summed E-state index contributed by atoms with van der Waals surface area (Å²) in [6.07, 6.45) is 1.46. The van der Waals surface area contributed by atoms with Crippen LogP contribution in [0.4, 0.5) is 11.4 Å². The molecule has 2 rings (SSSR count). The van der Waals surface area contributed by atoms with Crippen LogP contribution in [-0.4, -0.2) is 27.0 Å². The van der Waals surface area contributed by atoms with E-state index in [1.165, 1.54) is 25.3 Å². The zero-order valence-electron chi connectivity index (χ0n) is 13.0. The van der Waals surface area contributed by atoms with Crippen molar-refractivity contribution in [2.24, 2.45) is 0 Å². The predicted octanol–water partition coefficient (Wildman–Crippen LogP) is 2.98. The summed E-state index contributed by atoms with van der Waals surface area (Å²) in [6.45, 7) is 3.63. The van der Waals surface area contributed by atoms with Crippen LogP contribution in [0.2, 0.25) is 0 Å². The topological polar surface area (TPSA) is 89.8 Å². The predicted molar refractivity (Wildman–Crippen MR) is 90.8 cm³/mol. The second kappa shape index (κ2) is 7.14. The first-order valence-corrected chi connectivity index (χ1v) is 8.36. The normalized spacial score (nSPS) is 10.9. The first kappa shape index (κ1) is 17.5. The van der Waals surface area contributed by atoms with Gasteiger partial charge in [0.1, 0.15) is 5.75 Å². The minimum atomic E-state index is -3.90. The van der Waals surface area contributed by atoms with Crippen LogP contribution in [0.25, 0.3) is 0 Å². The molecule has 126 valence electrons. The number of rotatable bonds is 7. The van der Waals surface area contributed by atoms with Gasteiger partial charge in [-0.2, -0.15) is 0 Å². The summed E-state index contributed by atoms with van der Waals surface area (Å²) < 4.78 is 32.0. The number of sulfonamides is 1. The molecule has 0 unspecified atom stereocenters. The van der Waals surface area contributed by atoms with Gasteiger partial charge in [0.15, 0.2) is 0 Å². The fourth-order valence-corrected chi connectivity index (χ4v) is 3.52. The number of non-ortho nitro benzene ring substituents is 1. The van der Waals surface area contributed by atoms with Gasteiger partial charge in [0, 0.05) is 18.2 Å². The fraction of sp³-hybridized carbons (Fsp3) is 0.125. The van der Waals surface area contributed by atoms with Gasteiger partial charge >= 0.3 is 0 Å². The van der Waals surface area contributed by atoms with Gasteiger partial charge in [-0.15, -0.1) is 6.58 Å². The SMILES string of the molecule is C=CCN(c1cccc(OC)c1)S(=O)(=O)c1ccc([N+](=O)[O-])cc1. The van der Waals surface area contributed by atoms with Gasteiger partial charge in [-0.05, 0) is 24.3 Å². The zero-order chi connectivity index (χ0) is 17.7. The van der Waals surface area contributed by atoms with E-state index in [9.17, 15) is 18.5 Å². The Balaban J connectivity index is 2.48. The molecule has 0 heterocycles. The quantitative estimate of drug-likeness (QED) is 0.436. The van der Waals surface area contributed by atoms with Crippen LogP contribution >= 0.6 is 0 Å². The van der Waals surface area contributed by atoms with Gasteiger partial charge in [-0.3, -0.25) is 14.4 Å². The first-order valence-electron chi connectivity index (χ1n) is 6.92. The average Bonchev–Trinajstić information content (AvgIpc) is 2.59. The van der Waals surface area contributed by atoms with E-state index in [0.717, 1.165) is 16.4 Å². The fourth-order valence-electron chi connectivity index (χ4n) is 2.09. The lowest BCUT2D eigenvalue weighted by Crippen LogP contribution is -2.31. The van der Waals surface area contributed by atoms with Crippen molar-refractivity contribution < 1.29 is 18.1 Å². The van der Waals surface area contributed by atoms with Crippen LogP contribution in [0, 0.1) is 10.1 Å². The van der Waals surface area contributed by atoms with Crippen LogP contribution in [0.1, 0.15) is 0 Å². The molecule has 0 saturated carbocycles. The summed E-state index contributed by atoms with van der Waals surface area (Å²) in [5.74, 6) is 0.514. The van der Waals surface area contributed by atoms with Gasteiger partial charge in [0.25, 0.3) is 15.7 Å². The molecule has 0 atom stereocenters. The van der Waals surface area contributed by atoms with E-state index in [-0.39, 0.29) is 17.1 Å². The first-order chi connectivity index (χ1) is 11.4. The molecular weight excluding hydrogens is 332 g/mol. The Hall–Kier alpha value is -2.87. The van der Waals surface area contributed by atoms with Crippen LogP contribution in [0.15, 0.2) is 66.1 Å². The summed E-state index contributed by atoms with van der Waals surface area (Å²) in [5.41, 5.74) is 0.234. The van der Waals surface area contributed by atoms with E-state index in [1.807, 2.05) is 0 Å². The molecule has 2 aromatic carbocycles. The second-order valence-electron chi connectivity index (χ2n) is 4.78. The standard InChI is InChI=1S/C16H16N2O5S/c1-3-11-17(14-5-4-6-15(12-14)23-2)24(21,22)16-9-7-13(8-10-16)18(19)20/h3-10,12H,1,11H2,2H3. The molecule has 0 aliphatic carbocycles. The molecule has 0 radical (unpaired) electrons. The minimum absolute atomic E-state index is 0.0437. The van der Waals surface area contributed by atoms with E-state index in [2.05, 4.69) is 6.58 Å². The van der Waals surface area contributed by atoms with Crippen LogP contribution < -0.4 is 9.04 Å². The Morgan fingerprint density at radius 3 is 2.46 bits per heavy atom. The maximum absolute atomic E-state index is 12.9. The maximum atomic E-state index is 12.9. The molecule has 7 nitrogen and oxygen atoms in total. The Morgan fingerprint density at radius 2 is 1.92 bits per heavy atom. The highest BCUT2D eigenvalue weighted by molar-refractivity contribution is 7.92. The Morgan fingerprint density at radius 1 is 1.25 bits per heavy atom. The van der Waals surface area contributed by atoms with Crippen molar-refractivity contribution in [2.75, 3.05) is 18.0 Å². The number of nitrogens with zero attached hydrogens (tertiary/aromatic N) is 2. The summed E-state index contributed by atoms with van der Waals surface area (Å²) >= 11 is 0. The molecule has 0 saturated heterocycles. The third-order valence-corrected chi connectivity index (χ3v) is 5.08. The molecule has 24 heavy (non-hydrogen) atoms. The summed E-state index contributed by atoms with van der Waals surface area (Å²) in [4.78, 5) is 10.1. The lowest BCUT2D eigenvalue weighted by atomic mass is 10.3. The van der Waals surface area contributed by atoms with Gasteiger partial charge < -0.3 is 4.74 Å². The average molecular weight is 348 g/mol. The maximum Gasteiger partial charge on any atom is 0.269 e. The number of benzene rings is 2. The van der Waals surface area contributed by atoms with Crippen molar-refractivity contribution in [1.82, 2.24) is 0 Å². The lowest BCUT2D eigenvalue weighted by Gasteiger charge is -2.23. The highest BCUT2D eigenvalue weighted by atomic mass is 32.2. The summed E-state index contributed by atoms with van der Waals surface area (Å²) in [5, 5.41) is 10.7. The molecule has 0 spiro atoms. The lowest BCUT2D eigenvalue weighted by molar-refractivity contribution is -0.384. The number of ether oxygens (including phenoxy) is 1. The number of nitro groups is 1. The Labute approximate surface area is 140 Å². The number of hydrogen-bond donors (Lipinski definition) is 0. The smallest absolute Gasteiger partial charge is 0.269 e. The molecule has 0 aromatic heterocycles. The van der Waals surface area contributed by atoms with Crippen molar-refractivity contribution >= 4 is 21.4 Å². The highest BCUT2D eigenvalue weighted by Crippen LogP contribution is 2.27. The van der Waals surface area contributed by atoms with Crippen LogP contribution in [-0.2, 0) is 10.0 Å². The van der Waals surface area contributed by atoms with Crippen molar-refractivity contribution in [3.05, 3.63) is 71.3 Å². The molecule has 0 aliphatic rings. The molecule has 0 N–H and O–H groups in total. The third kappa shape index (κ3) is 3.54. The molecule has 0 fully saturated rings. The molecule has 0 aliphatic heterocycles. The number of nitro benzene ring substituents is 1. The van der Waals surface area contributed by atoms with E-state index in [1.54, 1.807) is 24.3 Å². The molecule has 8 heteroatoms. The summed E-state index contributed by atoms with van der Waals surface area (Å²) in [7, 11) is -2.41. The largest absolute Gasteiger partial charge is 0.497 e. The van der Waals surface area contributed by atoms with Gasteiger partial charge in [-0.25, -0.2) is 8.42 Å². The summed E-state index contributed by atoms with van der Waals surface area (Å²) in [6, 6.07) is 11.3. The van der Waals surface area contributed by atoms with Crippen molar-refractivity contribution in [2.45, 2.75) is 4.90 Å². The van der Waals surface area contributed by atoms with Crippen LogP contribution in [0.3, 0.4) is 0 Å². The minimum Gasteiger partial charge on any atom is -0.497 e. The van der Waals surface area contributed by atoms with E-state index in [0.29, 0.717) is 11.4 Å². The van der Waals surface area contributed by atoms with Crippen LogP contribution in [0.5, 0.6) is 5.75 Å². The Bertz CT molecular complexity index is 847.